The minimum atomic E-state index is -0.450. The number of hydrogen-bond acceptors (Lipinski definition) is 2. The first-order valence-corrected chi connectivity index (χ1v) is 5.98. The van der Waals surface area contributed by atoms with E-state index in [2.05, 4.69) is 5.32 Å². The smallest absolute Gasteiger partial charge is 0.256 e. The van der Waals surface area contributed by atoms with Gasteiger partial charge in [-0.2, -0.15) is 0 Å². The van der Waals surface area contributed by atoms with Crippen LogP contribution in [0.2, 0.25) is 5.02 Å². The van der Waals surface area contributed by atoms with Gasteiger partial charge in [0.2, 0.25) is 0 Å². The zero-order chi connectivity index (χ0) is 14.0. The summed E-state index contributed by atoms with van der Waals surface area (Å²) in [6.07, 6.45) is 0. The summed E-state index contributed by atoms with van der Waals surface area (Å²) in [5.74, 6) is -0.784. The van der Waals surface area contributed by atoms with E-state index in [0.29, 0.717) is 21.8 Å². The Kier molecular flexibility index (Phi) is 3.71. The molecule has 0 spiro atoms. The number of halogens is 2. The Bertz CT molecular complexity index is 643. The fraction of sp³-hybridized carbons (Fsp3) is 0.0714. The summed E-state index contributed by atoms with van der Waals surface area (Å²) < 4.78 is 12.9. The number of nitrogens with one attached hydrogen (secondary N) is 1. The van der Waals surface area contributed by atoms with Gasteiger partial charge in [-0.1, -0.05) is 17.7 Å². The molecule has 0 saturated heterocycles. The molecular weight excluding hydrogens is 267 g/mol. The largest absolute Gasteiger partial charge is 0.397 e. The van der Waals surface area contributed by atoms with Crippen LogP contribution >= 0.6 is 11.6 Å². The number of hydrogen-bond donors (Lipinski definition) is 2. The maximum absolute atomic E-state index is 12.9. The number of anilines is 2. The van der Waals surface area contributed by atoms with Crippen LogP contribution in [0, 0.1) is 12.7 Å². The molecule has 0 unspecified atom stereocenters. The van der Waals surface area contributed by atoms with Crippen LogP contribution in [0.5, 0.6) is 0 Å². The monoisotopic (exact) mass is 278 g/mol. The third-order valence-corrected chi connectivity index (χ3v) is 3.18. The van der Waals surface area contributed by atoms with Crippen LogP contribution in [0.15, 0.2) is 36.4 Å². The van der Waals surface area contributed by atoms with E-state index in [1.165, 1.54) is 12.1 Å². The summed E-state index contributed by atoms with van der Waals surface area (Å²) in [5.41, 5.74) is 7.31. The molecule has 0 bridgehead atoms. The topological polar surface area (TPSA) is 55.1 Å². The van der Waals surface area contributed by atoms with E-state index in [4.69, 9.17) is 17.3 Å². The minimum Gasteiger partial charge on any atom is -0.397 e. The molecule has 0 aliphatic rings. The van der Waals surface area contributed by atoms with E-state index in [9.17, 15) is 9.18 Å². The molecule has 2 aromatic carbocycles. The Hall–Kier alpha value is -2.07. The predicted octanol–water partition coefficient (Wildman–Crippen LogP) is 3.62. The van der Waals surface area contributed by atoms with Crippen LogP contribution < -0.4 is 11.1 Å². The molecule has 3 nitrogen and oxygen atoms in total. The summed E-state index contributed by atoms with van der Waals surface area (Å²) in [5, 5.41) is 3.15. The molecule has 0 atom stereocenters. The number of carbonyl (C=O) groups excluding carboxylic acids is 1. The van der Waals surface area contributed by atoms with Crippen molar-refractivity contribution in [3.05, 3.63) is 58.4 Å². The van der Waals surface area contributed by atoms with Crippen molar-refractivity contribution in [3.8, 4) is 0 Å². The zero-order valence-corrected chi connectivity index (χ0v) is 11.0. The number of amides is 1. The van der Waals surface area contributed by atoms with Crippen molar-refractivity contribution in [2.75, 3.05) is 11.1 Å². The van der Waals surface area contributed by atoms with Crippen LogP contribution in [-0.2, 0) is 0 Å². The number of nitrogen functional groups attached to an aromatic ring is 1. The highest BCUT2D eigenvalue weighted by Crippen LogP contribution is 2.23. The first kappa shape index (κ1) is 13.4. The summed E-state index contributed by atoms with van der Waals surface area (Å²) in [6.45, 7) is 1.76. The van der Waals surface area contributed by atoms with E-state index in [1.54, 1.807) is 25.1 Å². The highest BCUT2D eigenvalue weighted by molar-refractivity contribution is 6.32. The second-order valence-electron chi connectivity index (χ2n) is 4.10. The fourth-order valence-electron chi connectivity index (χ4n) is 1.69. The lowest BCUT2D eigenvalue weighted by molar-refractivity contribution is 0.102. The summed E-state index contributed by atoms with van der Waals surface area (Å²) in [4.78, 5) is 12.1. The van der Waals surface area contributed by atoms with Gasteiger partial charge < -0.3 is 11.1 Å². The lowest BCUT2D eigenvalue weighted by atomic mass is 10.1. The van der Waals surface area contributed by atoms with Gasteiger partial charge in [0.05, 0.1) is 11.4 Å². The molecule has 0 heterocycles. The highest BCUT2D eigenvalue weighted by Gasteiger charge is 2.12. The first-order valence-electron chi connectivity index (χ1n) is 5.60. The van der Waals surface area contributed by atoms with Crippen molar-refractivity contribution in [1.29, 1.82) is 0 Å². The van der Waals surface area contributed by atoms with Crippen molar-refractivity contribution in [2.24, 2.45) is 0 Å². The van der Waals surface area contributed by atoms with Crippen molar-refractivity contribution >= 4 is 28.9 Å². The van der Waals surface area contributed by atoms with Gasteiger partial charge in [0.1, 0.15) is 5.82 Å². The van der Waals surface area contributed by atoms with Crippen molar-refractivity contribution in [3.63, 3.8) is 0 Å². The van der Waals surface area contributed by atoms with Crippen LogP contribution in [0.4, 0.5) is 15.8 Å². The number of nitrogens with two attached hydrogens (primary N) is 1. The lowest BCUT2D eigenvalue weighted by Crippen LogP contribution is -2.14. The van der Waals surface area contributed by atoms with Crippen molar-refractivity contribution in [1.82, 2.24) is 0 Å². The second kappa shape index (κ2) is 5.28. The van der Waals surface area contributed by atoms with Crippen molar-refractivity contribution < 1.29 is 9.18 Å². The van der Waals surface area contributed by atoms with E-state index in [1.807, 2.05) is 0 Å². The second-order valence-corrected chi connectivity index (χ2v) is 4.51. The van der Waals surface area contributed by atoms with Crippen LogP contribution in [0.3, 0.4) is 0 Å². The highest BCUT2D eigenvalue weighted by atomic mass is 35.5. The lowest BCUT2D eigenvalue weighted by Gasteiger charge is -2.10. The molecule has 5 heteroatoms. The van der Waals surface area contributed by atoms with Gasteiger partial charge in [-0.25, -0.2) is 4.39 Å². The summed E-state index contributed by atoms with van der Waals surface area (Å²) in [6, 6.07) is 8.87. The van der Waals surface area contributed by atoms with Crippen LogP contribution in [0.25, 0.3) is 0 Å². The maximum atomic E-state index is 12.9. The molecule has 0 aliphatic carbocycles. The van der Waals surface area contributed by atoms with E-state index < -0.39 is 5.82 Å². The van der Waals surface area contributed by atoms with E-state index in [-0.39, 0.29) is 11.6 Å². The molecule has 98 valence electrons. The molecule has 0 saturated carbocycles. The molecule has 0 radical (unpaired) electrons. The average molecular weight is 279 g/mol. The average Bonchev–Trinajstić information content (AvgIpc) is 2.36. The molecule has 3 N–H and O–H groups in total. The Morgan fingerprint density at radius 1 is 1.32 bits per heavy atom. The Morgan fingerprint density at radius 2 is 2.05 bits per heavy atom. The van der Waals surface area contributed by atoms with Gasteiger partial charge in [-0.15, -0.1) is 0 Å². The first-order chi connectivity index (χ1) is 8.99. The molecule has 0 fully saturated rings. The number of carbonyl (C=O) groups is 1. The Balaban J connectivity index is 2.28. The quantitative estimate of drug-likeness (QED) is 0.824. The molecule has 2 rings (SSSR count). The standard InChI is InChI=1S/C14H12ClFN2O/c1-8-10(3-2-4-11(8)15)14(19)18-13-6-5-9(16)7-12(13)17/h2-7H,17H2,1H3,(H,18,19). The molecule has 19 heavy (non-hydrogen) atoms. The van der Waals surface area contributed by atoms with Gasteiger partial charge in [0, 0.05) is 10.6 Å². The maximum Gasteiger partial charge on any atom is 0.256 e. The normalized spacial score (nSPS) is 10.3. The fourth-order valence-corrected chi connectivity index (χ4v) is 1.87. The van der Waals surface area contributed by atoms with Gasteiger partial charge in [-0.3, -0.25) is 4.79 Å². The Labute approximate surface area is 115 Å². The molecular formula is C14H12ClFN2O. The SMILES string of the molecule is Cc1c(Cl)cccc1C(=O)Nc1ccc(F)cc1N. The number of benzene rings is 2. The molecule has 0 aliphatic heterocycles. The van der Waals surface area contributed by atoms with E-state index >= 15 is 0 Å². The molecule has 1 amide bonds. The van der Waals surface area contributed by atoms with Crippen LogP contribution in [-0.4, -0.2) is 5.91 Å². The zero-order valence-electron chi connectivity index (χ0n) is 10.2. The van der Waals surface area contributed by atoms with Crippen molar-refractivity contribution in [2.45, 2.75) is 6.92 Å². The Morgan fingerprint density at radius 3 is 2.74 bits per heavy atom. The van der Waals surface area contributed by atoms with Gasteiger partial charge in [0.25, 0.3) is 5.91 Å². The van der Waals surface area contributed by atoms with E-state index in [0.717, 1.165) is 6.07 Å². The molecule has 2 aromatic rings. The number of rotatable bonds is 2. The summed E-state index contributed by atoms with van der Waals surface area (Å²) >= 11 is 5.96. The van der Waals surface area contributed by atoms with Crippen LogP contribution in [0.1, 0.15) is 15.9 Å². The van der Waals surface area contributed by atoms with Gasteiger partial charge in [-0.05, 0) is 42.8 Å². The third kappa shape index (κ3) is 2.85. The minimum absolute atomic E-state index is 0.174. The molecule has 0 aromatic heterocycles. The van der Waals surface area contributed by atoms with Gasteiger partial charge in [0.15, 0.2) is 0 Å². The third-order valence-electron chi connectivity index (χ3n) is 2.77. The summed E-state index contributed by atoms with van der Waals surface area (Å²) in [7, 11) is 0. The van der Waals surface area contributed by atoms with Gasteiger partial charge >= 0.3 is 0 Å². The predicted molar refractivity (Wildman–Crippen MR) is 75.0 cm³/mol.